The van der Waals surface area contributed by atoms with E-state index in [-0.39, 0.29) is 12.1 Å². The number of amides is 1. The van der Waals surface area contributed by atoms with Gasteiger partial charge >= 0.3 is 0 Å². The van der Waals surface area contributed by atoms with Gasteiger partial charge in [0.2, 0.25) is 0 Å². The molecule has 0 saturated heterocycles. The first-order valence-electron chi connectivity index (χ1n) is 6.26. The molecule has 0 fully saturated rings. The Kier molecular flexibility index (Phi) is 4.64. The number of hydrogen-bond donors (Lipinski definition) is 3. The average Bonchev–Trinajstić information content (AvgIpc) is 3.00. The van der Waals surface area contributed by atoms with Gasteiger partial charge in [0.15, 0.2) is 0 Å². The van der Waals surface area contributed by atoms with Gasteiger partial charge in [0.1, 0.15) is 18.0 Å². The second-order valence-electron chi connectivity index (χ2n) is 4.27. The second kappa shape index (κ2) is 6.63. The van der Waals surface area contributed by atoms with Gasteiger partial charge in [-0.05, 0) is 25.1 Å². The lowest BCUT2D eigenvalue weighted by molar-refractivity contribution is 0.0934. The summed E-state index contributed by atoms with van der Waals surface area (Å²) in [5.74, 6) is 4.74. The van der Waals surface area contributed by atoms with E-state index in [1.165, 1.54) is 24.5 Å². The van der Waals surface area contributed by atoms with Crippen LogP contribution in [0.1, 0.15) is 34.7 Å². The van der Waals surface area contributed by atoms with Crippen LogP contribution in [0.15, 0.2) is 24.5 Å². The summed E-state index contributed by atoms with van der Waals surface area (Å²) in [7, 11) is 0. The van der Waals surface area contributed by atoms with E-state index in [9.17, 15) is 9.18 Å². The van der Waals surface area contributed by atoms with E-state index in [4.69, 9.17) is 5.73 Å². The molecule has 1 unspecified atom stereocenters. The summed E-state index contributed by atoms with van der Waals surface area (Å²) in [4.78, 5) is 16.0. The molecule has 0 saturated carbocycles. The monoisotopic (exact) mass is 287 g/mol. The number of carbonyl (C=O) groups excluding carboxylic acids is 1. The highest BCUT2D eigenvalue weighted by atomic mass is 19.1. The summed E-state index contributed by atoms with van der Waals surface area (Å²) in [5.41, 5.74) is 5.73. The van der Waals surface area contributed by atoms with Gasteiger partial charge in [-0.1, -0.05) is 11.8 Å². The molecule has 0 aliphatic rings. The Morgan fingerprint density at radius 1 is 1.57 bits per heavy atom. The van der Waals surface area contributed by atoms with E-state index in [1.54, 1.807) is 6.92 Å². The molecular formula is C14H14FN5O. The SMILES string of the molecule is CC(NC(=O)c1cc(C#CCN)ccc1F)c1ncn[nH]1. The number of nitrogens with zero attached hydrogens (tertiary/aromatic N) is 2. The quantitative estimate of drug-likeness (QED) is 0.726. The minimum absolute atomic E-state index is 0.0785. The topological polar surface area (TPSA) is 96.7 Å². The van der Waals surface area contributed by atoms with E-state index in [0.717, 1.165) is 0 Å². The number of carbonyl (C=O) groups is 1. The zero-order chi connectivity index (χ0) is 15.2. The van der Waals surface area contributed by atoms with Crippen LogP contribution < -0.4 is 11.1 Å². The van der Waals surface area contributed by atoms with E-state index < -0.39 is 17.8 Å². The first kappa shape index (κ1) is 14.7. The van der Waals surface area contributed by atoms with Crippen LogP contribution in [0, 0.1) is 17.7 Å². The predicted octanol–water partition coefficient (Wildman–Crippen LogP) is 0.745. The molecule has 1 aromatic heterocycles. The van der Waals surface area contributed by atoms with Gasteiger partial charge in [0, 0.05) is 5.56 Å². The largest absolute Gasteiger partial charge is 0.342 e. The number of hydrogen-bond acceptors (Lipinski definition) is 4. The number of aromatic amines is 1. The van der Waals surface area contributed by atoms with Gasteiger partial charge in [-0.15, -0.1) is 0 Å². The molecule has 0 bridgehead atoms. The summed E-state index contributed by atoms with van der Waals surface area (Å²) in [6, 6.07) is 3.67. The fraction of sp³-hybridized carbons (Fsp3) is 0.214. The molecule has 2 rings (SSSR count). The Bertz CT molecular complexity index is 687. The number of nitrogens with two attached hydrogens (primary N) is 1. The molecule has 0 aliphatic heterocycles. The molecule has 0 aliphatic carbocycles. The van der Waals surface area contributed by atoms with E-state index in [2.05, 4.69) is 32.3 Å². The summed E-state index contributed by atoms with van der Waals surface area (Å²) in [6.07, 6.45) is 1.33. The number of H-pyrrole nitrogens is 1. The van der Waals surface area contributed by atoms with Crippen molar-refractivity contribution in [3.8, 4) is 11.8 Å². The molecule has 6 nitrogen and oxygen atoms in total. The van der Waals surface area contributed by atoms with Gasteiger partial charge in [-0.25, -0.2) is 9.37 Å². The first-order valence-corrected chi connectivity index (χ1v) is 6.26. The molecular weight excluding hydrogens is 273 g/mol. The third kappa shape index (κ3) is 3.64. The Hall–Kier alpha value is -2.72. The van der Waals surface area contributed by atoms with Crippen LogP contribution in [0.5, 0.6) is 0 Å². The molecule has 1 heterocycles. The Balaban J connectivity index is 2.18. The van der Waals surface area contributed by atoms with E-state index in [1.807, 2.05) is 0 Å². The highest BCUT2D eigenvalue weighted by molar-refractivity contribution is 5.95. The van der Waals surface area contributed by atoms with E-state index >= 15 is 0 Å². The van der Waals surface area contributed by atoms with Crippen LogP contribution in [-0.4, -0.2) is 27.6 Å². The Labute approximate surface area is 121 Å². The molecule has 2 aromatic rings. The minimum Gasteiger partial charge on any atom is -0.342 e. The first-order chi connectivity index (χ1) is 10.1. The third-order valence-corrected chi connectivity index (χ3v) is 2.74. The maximum atomic E-state index is 13.8. The Morgan fingerprint density at radius 3 is 3.05 bits per heavy atom. The fourth-order valence-corrected chi connectivity index (χ4v) is 1.70. The second-order valence-corrected chi connectivity index (χ2v) is 4.27. The van der Waals surface area contributed by atoms with Gasteiger partial charge < -0.3 is 11.1 Å². The van der Waals surface area contributed by atoms with Crippen molar-refractivity contribution in [1.82, 2.24) is 20.5 Å². The molecule has 7 heteroatoms. The van der Waals surface area contributed by atoms with Crippen LogP contribution in [0.3, 0.4) is 0 Å². The molecule has 0 radical (unpaired) electrons. The van der Waals surface area contributed by atoms with E-state index in [0.29, 0.717) is 11.4 Å². The number of halogens is 1. The summed E-state index contributed by atoms with van der Waals surface area (Å²) < 4.78 is 13.8. The third-order valence-electron chi connectivity index (χ3n) is 2.74. The maximum absolute atomic E-state index is 13.8. The highest BCUT2D eigenvalue weighted by Crippen LogP contribution is 2.12. The number of aromatic nitrogens is 3. The Morgan fingerprint density at radius 2 is 2.38 bits per heavy atom. The van der Waals surface area contributed by atoms with Gasteiger partial charge in [-0.3, -0.25) is 9.89 Å². The molecule has 1 amide bonds. The molecule has 21 heavy (non-hydrogen) atoms. The standard InChI is InChI=1S/C14H14FN5O/c1-9(13-17-8-18-20-13)19-14(21)11-7-10(3-2-6-16)4-5-12(11)15/h4-5,7-9H,6,16H2,1H3,(H,19,21)(H,17,18,20). The summed E-state index contributed by atoms with van der Waals surface area (Å²) >= 11 is 0. The lowest BCUT2D eigenvalue weighted by Crippen LogP contribution is -2.28. The molecule has 1 aromatic carbocycles. The van der Waals surface area contributed by atoms with Crippen LogP contribution in [0.4, 0.5) is 4.39 Å². The van der Waals surface area contributed by atoms with Gasteiger partial charge in [0.25, 0.3) is 5.91 Å². The van der Waals surface area contributed by atoms with Gasteiger partial charge in [0.05, 0.1) is 18.2 Å². The van der Waals surface area contributed by atoms with Crippen LogP contribution >= 0.6 is 0 Å². The number of rotatable bonds is 3. The molecule has 108 valence electrons. The molecule has 0 spiro atoms. The van der Waals surface area contributed by atoms with Crippen molar-refractivity contribution in [2.75, 3.05) is 6.54 Å². The van der Waals surface area contributed by atoms with Crippen molar-refractivity contribution in [3.63, 3.8) is 0 Å². The summed E-state index contributed by atoms with van der Waals surface area (Å²) in [5, 5.41) is 8.98. The minimum atomic E-state index is -0.615. The number of benzene rings is 1. The van der Waals surface area contributed by atoms with Gasteiger partial charge in [-0.2, -0.15) is 5.10 Å². The molecule has 1 atom stereocenters. The lowest BCUT2D eigenvalue weighted by atomic mass is 10.1. The summed E-state index contributed by atoms with van der Waals surface area (Å²) in [6.45, 7) is 1.91. The smallest absolute Gasteiger partial charge is 0.254 e. The normalized spacial score (nSPS) is 11.4. The average molecular weight is 287 g/mol. The van der Waals surface area contributed by atoms with Crippen molar-refractivity contribution in [1.29, 1.82) is 0 Å². The maximum Gasteiger partial charge on any atom is 0.254 e. The zero-order valence-corrected chi connectivity index (χ0v) is 11.4. The lowest BCUT2D eigenvalue weighted by Gasteiger charge is -2.11. The van der Waals surface area contributed by atoms with Crippen LogP contribution in [0.25, 0.3) is 0 Å². The van der Waals surface area contributed by atoms with Crippen molar-refractivity contribution < 1.29 is 9.18 Å². The van der Waals surface area contributed by atoms with Crippen molar-refractivity contribution in [2.45, 2.75) is 13.0 Å². The van der Waals surface area contributed by atoms with Crippen molar-refractivity contribution in [2.24, 2.45) is 5.73 Å². The van der Waals surface area contributed by atoms with Crippen molar-refractivity contribution in [3.05, 3.63) is 47.3 Å². The zero-order valence-electron chi connectivity index (χ0n) is 11.4. The van der Waals surface area contributed by atoms with Crippen LogP contribution in [0.2, 0.25) is 0 Å². The van der Waals surface area contributed by atoms with Crippen molar-refractivity contribution >= 4 is 5.91 Å². The molecule has 4 N–H and O–H groups in total. The fourth-order valence-electron chi connectivity index (χ4n) is 1.70. The van der Waals surface area contributed by atoms with Crippen LogP contribution in [-0.2, 0) is 0 Å². The highest BCUT2D eigenvalue weighted by Gasteiger charge is 2.16. The number of nitrogens with one attached hydrogen (secondary N) is 2. The predicted molar refractivity (Wildman–Crippen MR) is 74.6 cm³/mol.